The van der Waals surface area contributed by atoms with Crippen molar-refractivity contribution in [1.82, 2.24) is 25.3 Å². The molecule has 2 aromatic heterocycles. The van der Waals surface area contributed by atoms with Crippen molar-refractivity contribution in [3.8, 4) is 11.6 Å². The minimum Gasteiger partial charge on any atom is -0.438 e. The van der Waals surface area contributed by atoms with Crippen molar-refractivity contribution in [2.45, 2.75) is 26.2 Å². The number of nitrogens with zero attached hydrogens (tertiary/aromatic N) is 5. The van der Waals surface area contributed by atoms with Gasteiger partial charge in [-0.1, -0.05) is 32.9 Å². The predicted molar refractivity (Wildman–Crippen MR) is 73.8 cm³/mol. The Bertz CT molecular complexity index is 727. The zero-order valence-electron chi connectivity index (χ0n) is 11.6. The first kappa shape index (κ1) is 12.5. The smallest absolute Gasteiger partial charge is 0.239 e. The average molecular weight is 269 g/mol. The van der Waals surface area contributed by atoms with Gasteiger partial charge in [0.05, 0.1) is 0 Å². The van der Waals surface area contributed by atoms with Gasteiger partial charge in [0.1, 0.15) is 5.75 Å². The molecule has 20 heavy (non-hydrogen) atoms. The summed E-state index contributed by atoms with van der Waals surface area (Å²) < 4.78 is 7.03. The van der Waals surface area contributed by atoms with Crippen molar-refractivity contribution in [2.75, 3.05) is 0 Å². The van der Waals surface area contributed by atoms with Crippen LogP contribution in [0.25, 0.3) is 5.65 Å². The number of fused-ring (bicyclic) bond motifs is 1. The largest absolute Gasteiger partial charge is 0.438 e. The highest BCUT2D eigenvalue weighted by Crippen LogP contribution is 2.26. The molecule has 0 N–H and O–H groups in total. The summed E-state index contributed by atoms with van der Waals surface area (Å²) in [6.45, 7) is 6.53. The molecule has 0 unspecified atom stereocenters. The SMILES string of the molecule is CC(C)(C)c1ccc(Oc2ccc3nnnn3n2)cc1. The molecule has 6 nitrogen and oxygen atoms in total. The Balaban J connectivity index is 1.83. The highest BCUT2D eigenvalue weighted by atomic mass is 16.5. The Labute approximate surface area is 116 Å². The van der Waals surface area contributed by atoms with E-state index in [9.17, 15) is 0 Å². The number of aromatic nitrogens is 5. The molecule has 102 valence electrons. The van der Waals surface area contributed by atoms with Crippen molar-refractivity contribution < 1.29 is 4.74 Å². The molecule has 3 aromatic rings. The van der Waals surface area contributed by atoms with Crippen LogP contribution in [-0.4, -0.2) is 25.3 Å². The fourth-order valence-electron chi connectivity index (χ4n) is 1.83. The van der Waals surface area contributed by atoms with Gasteiger partial charge >= 0.3 is 0 Å². The number of benzene rings is 1. The van der Waals surface area contributed by atoms with Crippen LogP contribution in [0.4, 0.5) is 0 Å². The van der Waals surface area contributed by atoms with Crippen LogP contribution in [0.15, 0.2) is 36.4 Å². The lowest BCUT2D eigenvalue weighted by atomic mass is 9.87. The lowest BCUT2D eigenvalue weighted by molar-refractivity contribution is 0.446. The Kier molecular flexibility index (Phi) is 2.85. The van der Waals surface area contributed by atoms with Gasteiger partial charge in [0.15, 0.2) is 5.65 Å². The molecule has 3 rings (SSSR count). The second-order valence-corrected chi connectivity index (χ2v) is 5.57. The summed E-state index contributed by atoms with van der Waals surface area (Å²) in [4.78, 5) is 0. The van der Waals surface area contributed by atoms with Crippen LogP contribution in [0.2, 0.25) is 0 Å². The Morgan fingerprint density at radius 3 is 2.45 bits per heavy atom. The number of hydrogen-bond donors (Lipinski definition) is 0. The molecule has 2 heterocycles. The second kappa shape index (κ2) is 4.56. The van der Waals surface area contributed by atoms with E-state index in [1.54, 1.807) is 12.1 Å². The summed E-state index contributed by atoms with van der Waals surface area (Å²) in [5.74, 6) is 1.19. The van der Waals surface area contributed by atoms with Crippen molar-refractivity contribution in [3.63, 3.8) is 0 Å². The van der Waals surface area contributed by atoms with Crippen molar-refractivity contribution >= 4 is 5.65 Å². The third-order valence-electron chi connectivity index (χ3n) is 2.99. The van der Waals surface area contributed by atoms with E-state index in [4.69, 9.17) is 4.74 Å². The summed E-state index contributed by atoms with van der Waals surface area (Å²) in [6.07, 6.45) is 0. The van der Waals surface area contributed by atoms with E-state index in [2.05, 4.69) is 53.5 Å². The van der Waals surface area contributed by atoms with Crippen molar-refractivity contribution in [2.24, 2.45) is 0 Å². The van der Waals surface area contributed by atoms with Crippen LogP contribution in [0.5, 0.6) is 11.6 Å². The third-order valence-corrected chi connectivity index (χ3v) is 2.99. The van der Waals surface area contributed by atoms with Gasteiger partial charge in [0, 0.05) is 6.07 Å². The van der Waals surface area contributed by atoms with E-state index >= 15 is 0 Å². The van der Waals surface area contributed by atoms with Crippen LogP contribution >= 0.6 is 0 Å². The maximum atomic E-state index is 5.70. The zero-order valence-corrected chi connectivity index (χ0v) is 11.6. The third kappa shape index (κ3) is 2.45. The summed E-state index contributed by atoms with van der Waals surface area (Å²) in [7, 11) is 0. The molecule has 6 heteroatoms. The van der Waals surface area contributed by atoms with Gasteiger partial charge in [-0.15, -0.1) is 14.8 Å². The number of rotatable bonds is 2. The average Bonchev–Trinajstić information content (AvgIpc) is 2.86. The molecule has 0 aliphatic rings. The van der Waals surface area contributed by atoms with Gasteiger partial charge in [-0.2, -0.15) is 0 Å². The molecule has 0 bridgehead atoms. The fourth-order valence-corrected chi connectivity index (χ4v) is 1.83. The maximum absolute atomic E-state index is 5.70. The van der Waals surface area contributed by atoms with Crippen LogP contribution in [0.1, 0.15) is 26.3 Å². The highest BCUT2D eigenvalue weighted by molar-refractivity contribution is 5.37. The van der Waals surface area contributed by atoms with Gasteiger partial charge in [-0.25, -0.2) is 0 Å². The van der Waals surface area contributed by atoms with E-state index in [-0.39, 0.29) is 5.41 Å². The number of ether oxygens (including phenoxy) is 1. The molecule has 0 amide bonds. The quantitative estimate of drug-likeness (QED) is 0.715. The zero-order chi connectivity index (χ0) is 14.2. The summed E-state index contributed by atoms with van der Waals surface area (Å²) in [5, 5.41) is 15.2. The second-order valence-electron chi connectivity index (χ2n) is 5.57. The van der Waals surface area contributed by atoms with Crippen molar-refractivity contribution in [3.05, 3.63) is 42.0 Å². The molecule has 0 saturated heterocycles. The predicted octanol–water partition coefficient (Wildman–Crippen LogP) is 2.61. The van der Waals surface area contributed by atoms with Gasteiger partial charge in [0.25, 0.3) is 0 Å². The molecule has 0 atom stereocenters. The minimum absolute atomic E-state index is 0.127. The number of tetrazole rings is 1. The maximum Gasteiger partial charge on any atom is 0.239 e. The van der Waals surface area contributed by atoms with Gasteiger partial charge < -0.3 is 4.74 Å². The summed E-state index contributed by atoms with van der Waals surface area (Å²) in [5.41, 5.74) is 1.97. The molecule has 0 spiro atoms. The van der Waals surface area contributed by atoms with E-state index in [0.717, 1.165) is 5.75 Å². The Morgan fingerprint density at radius 1 is 1.00 bits per heavy atom. The van der Waals surface area contributed by atoms with E-state index in [1.807, 2.05) is 12.1 Å². The fraction of sp³-hybridized carbons (Fsp3) is 0.286. The Hall–Kier alpha value is -2.50. The normalized spacial score (nSPS) is 11.8. The lowest BCUT2D eigenvalue weighted by Crippen LogP contribution is -2.10. The first-order valence-corrected chi connectivity index (χ1v) is 6.36. The lowest BCUT2D eigenvalue weighted by Gasteiger charge is -2.19. The van der Waals surface area contributed by atoms with Crippen LogP contribution in [0.3, 0.4) is 0 Å². The molecule has 0 fully saturated rings. The molecule has 0 aliphatic heterocycles. The first-order valence-electron chi connectivity index (χ1n) is 6.36. The Morgan fingerprint density at radius 2 is 1.75 bits per heavy atom. The molecular weight excluding hydrogens is 254 g/mol. The van der Waals surface area contributed by atoms with E-state index < -0.39 is 0 Å². The van der Waals surface area contributed by atoms with E-state index in [0.29, 0.717) is 11.5 Å². The molecule has 0 radical (unpaired) electrons. The van der Waals surface area contributed by atoms with Gasteiger partial charge in [-0.3, -0.25) is 0 Å². The number of hydrogen-bond acceptors (Lipinski definition) is 5. The van der Waals surface area contributed by atoms with Crippen LogP contribution in [-0.2, 0) is 5.41 Å². The van der Waals surface area contributed by atoms with Crippen LogP contribution < -0.4 is 4.74 Å². The van der Waals surface area contributed by atoms with Crippen LogP contribution in [0, 0.1) is 0 Å². The van der Waals surface area contributed by atoms with E-state index in [1.165, 1.54) is 10.2 Å². The topological polar surface area (TPSA) is 65.2 Å². The molecular formula is C14H15N5O. The molecule has 0 aliphatic carbocycles. The van der Waals surface area contributed by atoms with Crippen molar-refractivity contribution in [1.29, 1.82) is 0 Å². The standard InChI is InChI=1S/C14H15N5O/c1-14(2,3)10-4-6-11(7-5-10)20-13-9-8-12-15-17-18-19(12)16-13/h4-9H,1-3H3. The molecule has 0 saturated carbocycles. The minimum atomic E-state index is 0.127. The van der Waals surface area contributed by atoms with Gasteiger partial charge in [0.2, 0.25) is 5.88 Å². The van der Waals surface area contributed by atoms with Gasteiger partial charge in [-0.05, 0) is 39.6 Å². The molecule has 1 aromatic carbocycles. The first-order chi connectivity index (χ1) is 9.52. The monoisotopic (exact) mass is 269 g/mol. The summed E-state index contributed by atoms with van der Waals surface area (Å²) in [6, 6.07) is 11.5. The highest BCUT2D eigenvalue weighted by Gasteiger charge is 2.13. The summed E-state index contributed by atoms with van der Waals surface area (Å²) >= 11 is 0.